The van der Waals surface area contributed by atoms with E-state index in [1.807, 2.05) is 30.3 Å². The summed E-state index contributed by atoms with van der Waals surface area (Å²) in [5, 5.41) is 0. The summed E-state index contributed by atoms with van der Waals surface area (Å²) in [6.45, 7) is 3.63. The molecule has 0 aliphatic rings. The summed E-state index contributed by atoms with van der Waals surface area (Å²) in [5.74, 6) is 0. The van der Waals surface area contributed by atoms with Crippen molar-refractivity contribution in [2.45, 2.75) is 6.42 Å². The lowest BCUT2D eigenvalue weighted by Crippen LogP contribution is -1.82. The Bertz CT molecular complexity index is 270. The second kappa shape index (κ2) is 4.39. The van der Waals surface area contributed by atoms with Crippen molar-refractivity contribution >= 4 is 11.8 Å². The van der Waals surface area contributed by atoms with Gasteiger partial charge in [0, 0.05) is 5.69 Å². The van der Waals surface area contributed by atoms with Gasteiger partial charge in [-0.25, -0.2) is 0 Å². The van der Waals surface area contributed by atoms with Crippen LogP contribution in [0.5, 0.6) is 0 Å². The van der Waals surface area contributed by atoms with Gasteiger partial charge in [0.05, 0.1) is 0 Å². The molecule has 12 heavy (non-hydrogen) atoms. The number of hydrogen-bond donors (Lipinski definition) is 1. The number of anilines is 1. The Morgan fingerprint density at radius 3 is 2.50 bits per heavy atom. The van der Waals surface area contributed by atoms with Crippen LogP contribution < -0.4 is 5.73 Å². The first-order valence-corrected chi connectivity index (χ1v) is 3.96. The molecule has 2 N–H and O–H groups in total. The topological polar surface area (TPSA) is 26.0 Å². The molecule has 0 radical (unpaired) electrons. The van der Waals surface area contributed by atoms with Gasteiger partial charge >= 0.3 is 0 Å². The summed E-state index contributed by atoms with van der Waals surface area (Å²) >= 11 is 0. The van der Waals surface area contributed by atoms with Gasteiger partial charge in [0.25, 0.3) is 0 Å². The first-order chi connectivity index (χ1) is 5.83. The third-order valence-corrected chi connectivity index (χ3v) is 1.55. The molecule has 62 valence electrons. The summed E-state index contributed by atoms with van der Waals surface area (Å²) in [6.07, 6.45) is 6.90. The van der Waals surface area contributed by atoms with E-state index in [0.717, 1.165) is 12.1 Å². The molecule has 0 aliphatic heterocycles. The molecule has 1 aromatic rings. The van der Waals surface area contributed by atoms with Crippen molar-refractivity contribution in [2.75, 3.05) is 5.73 Å². The third-order valence-electron chi connectivity index (χ3n) is 1.55. The van der Waals surface area contributed by atoms with Crippen LogP contribution in [0.3, 0.4) is 0 Å². The monoisotopic (exact) mass is 159 g/mol. The van der Waals surface area contributed by atoms with Crippen LogP contribution in [0.15, 0.2) is 43.0 Å². The third kappa shape index (κ3) is 2.62. The zero-order chi connectivity index (χ0) is 8.81. The number of hydrogen-bond acceptors (Lipinski definition) is 1. The van der Waals surface area contributed by atoms with Gasteiger partial charge in [-0.1, -0.05) is 30.4 Å². The lowest BCUT2D eigenvalue weighted by atomic mass is 10.2. The summed E-state index contributed by atoms with van der Waals surface area (Å²) in [5.41, 5.74) is 7.52. The smallest absolute Gasteiger partial charge is 0.0314 e. The van der Waals surface area contributed by atoms with Crippen molar-refractivity contribution in [3.8, 4) is 0 Å². The van der Waals surface area contributed by atoms with Gasteiger partial charge < -0.3 is 5.73 Å². The van der Waals surface area contributed by atoms with Gasteiger partial charge in [-0.15, -0.1) is 6.58 Å². The van der Waals surface area contributed by atoms with E-state index in [0.29, 0.717) is 0 Å². The summed E-state index contributed by atoms with van der Waals surface area (Å²) in [4.78, 5) is 0. The summed E-state index contributed by atoms with van der Waals surface area (Å²) in [6, 6.07) is 7.78. The highest BCUT2D eigenvalue weighted by Gasteiger charge is 1.84. The van der Waals surface area contributed by atoms with E-state index in [4.69, 9.17) is 5.73 Å². The molecule has 0 fully saturated rings. The van der Waals surface area contributed by atoms with E-state index in [1.54, 1.807) is 0 Å². The fraction of sp³-hybridized carbons (Fsp3) is 0.0909. The Balaban J connectivity index is 2.64. The lowest BCUT2D eigenvalue weighted by Gasteiger charge is -1.93. The van der Waals surface area contributed by atoms with Crippen molar-refractivity contribution in [1.82, 2.24) is 0 Å². The molecule has 0 aliphatic carbocycles. The van der Waals surface area contributed by atoms with Crippen molar-refractivity contribution in [2.24, 2.45) is 0 Å². The molecule has 0 heterocycles. The largest absolute Gasteiger partial charge is 0.399 e. The molecule has 0 saturated carbocycles. The Kier molecular flexibility index (Phi) is 3.15. The van der Waals surface area contributed by atoms with Crippen LogP contribution in [0.1, 0.15) is 12.0 Å². The number of benzene rings is 1. The van der Waals surface area contributed by atoms with E-state index in [2.05, 4.69) is 18.7 Å². The molecule has 0 spiro atoms. The summed E-state index contributed by atoms with van der Waals surface area (Å²) in [7, 11) is 0. The van der Waals surface area contributed by atoms with Crippen LogP contribution in [0.25, 0.3) is 6.08 Å². The molecular weight excluding hydrogens is 146 g/mol. The first-order valence-electron chi connectivity index (χ1n) is 3.96. The predicted octanol–water partition coefficient (Wildman–Crippen LogP) is 2.86. The van der Waals surface area contributed by atoms with Gasteiger partial charge in [0.1, 0.15) is 0 Å². The fourth-order valence-electron chi connectivity index (χ4n) is 0.907. The minimum absolute atomic E-state index is 0.802. The van der Waals surface area contributed by atoms with E-state index in [9.17, 15) is 0 Å². The lowest BCUT2D eigenvalue weighted by molar-refractivity contribution is 1.42. The van der Waals surface area contributed by atoms with Crippen LogP contribution in [0.2, 0.25) is 0 Å². The Morgan fingerprint density at radius 2 is 1.92 bits per heavy atom. The van der Waals surface area contributed by atoms with Gasteiger partial charge in [-0.05, 0) is 24.1 Å². The molecule has 0 aromatic heterocycles. The summed E-state index contributed by atoms with van der Waals surface area (Å²) < 4.78 is 0. The van der Waals surface area contributed by atoms with Crippen LogP contribution >= 0.6 is 0 Å². The van der Waals surface area contributed by atoms with Gasteiger partial charge in [-0.3, -0.25) is 0 Å². The molecule has 1 heteroatoms. The SMILES string of the molecule is C=CC/C=C/c1ccc(N)cc1. The van der Waals surface area contributed by atoms with Gasteiger partial charge in [0.15, 0.2) is 0 Å². The number of allylic oxidation sites excluding steroid dienone is 2. The molecule has 0 saturated heterocycles. The van der Waals surface area contributed by atoms with Gasteiger partial charge in [0.2, 0.25) is 0 Å². The highest BCUT2D eigenvalue weighted by molar-refractivity contribution is 5.53. The molecule has 1 nitrogen and oxygen atoms in total. The predicted molar refractivity (Wildman–Crippen MR) is 54.7 cm³/mol. The van der Waals surface area contributed by atoms with E-state index >= 15 is 0 Å². The molecule has 0 unspecified atom stereocenters. The highest BCUT2D eigenvalue weighted by atomic mass is 14.5. The van der Waals surface area contributed by atoms with E-state index in [-0.39, 0.29) is 0 Å². The highest BCUT2D eigenvalue weighted by Crippen LogP contribution is 2.07. The molecule has 0 amide bonds. The van der Waals surface area contributed by atoms with E-state index in [1.165, 1.54) is 5.56 Å². The standard InChI is InChI=1S/C11H13N/c1-2-3-4-5-10-6-8-11(12)9-7-10/h2,4-9H,1,3,12H2/b5-4+. The zero-order valence-corrected chi connectivity index (χ0v) is 7.03. The first kappa shape index (κ1) is 8.60. The van der Waals surface area contributed by atoms with Gasteiger partial charge in [-0.2, -0.15) is 0 Å². The average molecular weight is 159 g/mol. The van der Waals surface area contributed by atoms with Crippen LogP contribution in [-0.4, -0.2) is 0 Å². The second-order valence-corrected chi connectivity index (χ2v) is 2.59. The maximum Gasteiger partial charge on any atom is 0.0314 e. The van der Waals surface area contributed by atoms with E-state index < -0.39 is 0 Å². The minimum atomic E-state index is 0.802. The van der Waals surface area contributed by atoms with Crippen molar-refractivity contribution in [3.05, 3.63) is 48.6 Å². The quantitative estimate of drug-likeness (QED) is 0.532. The van der Waals surface area contributed by atoms with Crippen LogP contribution in [-0.2, 0) is 0 Å². The maximum atomic E-state index is 5.54. The Hall–Kier alpha value is -1.50. The number of nitrogens with two attached hydrogens (primary N) is 1. The zero-order valence-electron chi connectivity index (χ0n) is 7.03. The molecule has 1 aromatic carbocycles. The van der Waals surface area contributed by atoms with Crippen LogP contribution in [0, 0.1) is 0 Å². The van der Waals surface area contributed by atoms with Crippen molar-refractivity contribution in [1.29, 1.82) is 0 Å². The Labute approximate surface area is 73.2 Å². The van der Waals surface area contributed by atoms with Crippen LogP contribution in [0.4, 0.5) is 5.69 Å². The molecule has 0 atom stereocenters. The Morgan fingerprint density at radius 1 is 1.25 bits per heavy atom. The number of rotatable bonds is 3. The fourth-order valence-corrected chi connectivity index (χ4v) is 0.907. The number of nitrogen functional groups attached to an aromatic ring is 1. The molecule has 0 bridgehead atoms. The molecule has 1 rings (SSSR count). The molecular formula is C11H13N. The minimum Gasteiger partial charge on any atom is -0.399 e. The second-order valence-electron chi connectivity index (χ2n) is 2.59. The maximum absolute atomic E-state index is 5.54. The van der Waals surface area contributed by atoms with Crippen molar-refractivity contribution in [3.63, 3.8) is 0 Å². The average Bonchev–Trinajstić information content (AvgIpc) is 2.09. The van der Waals surface area contributed by atoms with Crippen molar-refractivity contribution < 1.29 is 0 Å². The normalized spacial score (nSPS) is 10.3.